The van der Waals surface area contributed by atoms with Crippen molar-refractivity contribution >= 4 is 5.71 Å². The van der Waals surface area contributed by atoms with E-state index < -0.39 is 0 Å². The molecule has 1 atom stereocenters. The number of hydrogen-bond acceptors (Lipinski definition) is 4. The highest BCUT2D eigenvalue weighted by molar-refractivity contribution is 5.87. The molecule has 34 heavy (non-hydrogen) atoms. The van der Waals surface area contributed by atoms with E-state index in [1.54, 1.807) is 0 Å². The third-order valence-electron chi connectivity index (χ3n) is 6.32. The standard InChI is InChI=1S/C30H37N3O/c1-3-19-33-29(27-14-8-5-9-15-27)21-28(32-33)23-34-30-17-16-26(20-24(30)2)22-31-18-10-13-25-11-6-4-7-12-25/h4-9,11-12,14-17,20,29,31H,3,10,13,18-19,21-23H2,1-2H3. The Labute approximate surface area is 204 Å². The fraction of sp³-hybridized carbons (Fsp3) is 0.367. The number of rotatable bonds is 12. The Morgan fingerprint density at radius 2 is 1.74 bits per heavy atom. The second-order valence-electron chi connectivity index (χ2n) is 9.11. The van der Waals surface area contributed by atoms with Crippen molar-refractivity contribution in [2.45, 2.75) is 52.1 Å². The van der Waals surface area contributed by atoms with Crippen molar-refractivity contribution in [3.8, 4) is 5.75 Å². The van der Waals surface area contributed by atoms with Crippen molar-refractivity contribution in [2.75, 3.05) is 19.7 Å². The third-order valence-corrected chi connectivity index (χ3v) is 6.32. The molecule has 4 heteroatoms. The summed E-state index contributed by atoms with van der Waals surface area (Å²) in [6.07, 6.45) is 4.27. The van der Waals surface area contributed by atoms with Gasteiger partial charge in [-0.25, -0.2) is 0 Å². The van der Waals surface area contributed by atoms with Gasteiger partial charge in [-0.2, -0.15) is 5.10 Å². The molecule has 0 saturated heterocycles. The molecule has 0 aliphatic carbocycles. The van der Waals surface area contributed by atoms with E-state index in [1.807, 2.05) is 0 Å². The van der Waals surface area contributed by atoms with E-state index in [4.69, 9.17) is 9.84 Å². The molecular weight excluding hydrogens is 418 g/mol. The summed E-state index contributed by atoms with van der Waals surface area (Å²) in [5.74, 6) is 0.945. The van der Waals surface area contributed by atoms with Crippen molar-refractivity contribution in [1.29, 1.82) is 0 Å². The average Bonchev–Trinajstić information content (AvgIpc) is 3.27. The highest BCUT2D eigenvalue weighted by Crippen LogP contribution is 2.31. The molecule has 3 aromatic carbocycles. The second kappa shape index (κ2) is 12.4. The number of hydrogen-bond donors (Lipinski definition) is 1. The first-order valence-electron chi connectivity index (χ1n) is 12.6. The molecule has 4 rings (SSSR count). The van der Waals surface area contributed by atoms with Crippen LogP contribution in [-0.4, -0.2) is 30.4 Å². The number of aryl methyl sites for hydroxylation is 2. The first-order valence-corrected chi connectivity index (χ1v) is 12.6. The Morgan fingerprint density at radius 1 is 0.971 bits per heavy atom. The summed E-state index contributed by atoms with van der Waals surface area (Å²) in [5.41, 5.74) is 6.31. The minimum absolute atomic E-state index is 0.316. The smallest absolute Gasteiger partial charge is 0.128 e. The van der Waals surface area contributed by atoms with Gasteiger partial charge in [-0.05, 0) is 61.1 Å². The molecule has 1 aliphatic rings. The van der Waals surface area contributed by atoms with E-state index in [-0.39, 0.29) is 0 Å². The number of hydrazone groups is 1. The minimum Gasteiger partial charge on any atom is -0.487 e. The van der Waals surface area contributed by atoms with Crippen molar-refractivity contribution in [2.24, 2.45) is 5.10 Å². The molecule has 0 spiro atoms. The van der Waals surface area contributed by atoms with Gasteiger partial charge in [-0.1, -0.05) is 79.7 Å². The van der Waals surface area contributed by atoms with Crippen LogP contribution in [0, 0.1) is 6.92 Å². The molecular formula is C30H37N3O. The molecule has 178 valence electrons. The molecule has 4 nitrogen and oxygen atoms in total. The van der Waals surface area contributed by atoms with Crippen LogP contribution in [0.5, 0.6) is 5.75 Å². The molecule has 0 fully saturated rings. The zero-order valence-electron chi connectivity index (χ0n) is 20.5. The molecule has 1 aliphatic heterocycles. The molecule has 1 unspecified atom stereocenters. The van der Waals surface area contributed by atoms with Gasteiger partial charge in [0.15, 0.2) is 0 Å². The highest BCUT2D eigenvalue weighted by Gasteiger charge is 2.27. The van der Waals surface area contributed by atoms with E-state index in [0.29, 0.717) is 12.6 Å². The molecule has 0 aromatic heterocycles. The fourth-order valence-corrected chi connectivity index (χ4v) is 4.55. The summed E-state index contributed by atoms with van der Waals surface area (Å²) in [4.78, 5) is 0. The third kappa shape index (κ3) is 6.71. The van der Waals surface area contributed by atoms with Crippen LogP contribution in [0.4, 0.5) is 0 Å². The lowest BCUT2D eigenvalue weighted by Crippen LogP contribution is -2.20. The number of nitrogens with zero attached hydrogens (tertiary/aromatic N) is 2. The molecule has 0 amide bonds. The van der Waals surface area contributed by atoms with Gasteiger partial charge >= 0.3 is 0 Å². The van der Waals surface area contributed by atoms with Gasteiger partial charge in [0.25, 0.3) is 0 Å². The number of ether oxygens (including phenoxy) is 1. The summed E-state index contributed by atoms with van der Waals surface area (Å²) in [5, 5.41) is 10.7. The number of benzene rings is 3. The number of nitrogens with one attached hydrogen (secondary N) is 1. The fourth-order valence-electron chi connectivity index (χ4n) is 4.55. The maximum absolute atomic E-state index is 6.20. The Hall–Kier alpha value is -3.11. The molecule has 3 aromatic rings. The van der Waals surface area contributed by atoms with Gasteiger partial charge in [0.2, 0.25) is 0 Å². The zero-order chi connectivity index (χ0) is 23.6. The molecule has 0 radical (unpaired) electrons. The average molecular weight is 456 g/mol. The van der Waals surface area contributed by atoms with E-state index in [2.05, 4.69) is 103 Å². The summed E-state index contributed by atoms with van der Waals surface area (Å²) >= 11 is 0. The molecule has 1 N–H and O–H groups in total. The van der Waals surface area contributed by atoms with Gasteiger partial charge in [-0.15, -0.1) is 0 Å². The van der Waals surface area contributed by atoms with Crippen LogP contribution in [0.25, 0.3) is 0 Å². The summed E-state index contributed by atoms with van der Waals surface area (Å²) in [7, 11) is 0. The van der Waals surface area contributed by atoms with E-state index in [0.717, 1.165) is 56.8 Å². The van der Waals surface area contributed by atoms with Crippen molar-refractivity contribution in [3.63, 3.8) is 0 Å². The van der Waals surface area contributed by atoms with Gasteiger partial charge < -0.3 is 10.1 Å². The summed E-state index contributed by atoms with van der Waals surface area (Å²) in [6, 6.07) is 28.2. The Bertz CT molecular complexity index is 1050. The Balaban J connectivity index is 1.24. The van der Waals surface area contributed by atoms with Crippen molar-refractivity contribution < 1.29 is 4.74 Å². The summed E-state index contributed by atoms with van der Waals surface area (Å²) < 4.78 is 6.20. The SMILES string of the molecule is CCCN1N=C(COc2ccc(CNCCCc3ccccc3)cc2C)CC1c1ccccc1. The van der Waals surface area contributed by atoms with Gasteiger partial charge in [0.1, 0.15) is 12.4 Å². The van der Waals surface area contributed by atoms with Crippen molar-refractivity contribution in [3.05, 3.63) is 101 Å². The van der Waals surface area contributed by atoms with Crippen LogP contribution >= 0.6 is 0 Å². The van der Waals surface area contributed by atoms with Gasteiger partial charge in [0.05, 0.1) is 11.8 Å². The molecule has 0 saturated carbocycles. The van der Waals surface area contributed by atoms with Crippen LogP contribution in [0.3, 0.4) is 0 Å². The minimum atomic E-state index is 0.316. The van der Waals surface area contributed by atoms with Crippen molar-refractivity contribution in [1.82, 2.24) is 10.3 Å². The van der Waals surface area contributed by atoms with E-state index in [9.17, 15) is 0 Å². The molecule has 0 bridgehead atoms. The van der Waals surface area contributed by atoms with E-state index >= 15 is 0 Å². The first kappa shape index (κ1) is 24.0. The van der Waals surface area contributed by atoms with Crippen LogP contribution in [-0.2, 0) is 13.0 Å². The Morgan fingerprint density at radius 3 is 2.47 bits per heavy atom. The predicted molar refractivity (Wildman–Crippen MR) is 141 cm³/mol. The van der Waals surface area contributed by atoms with Crippen LogP contribution < -0.4 is 10.1 Å². The van der Waals surface area contributed by atoms with Gasteiger partial charge in [0, 0.05) is 19.5 Å². The maximum Gasteiger partial charge on any atom is 0.128 e. The van der Waals surface area contributed by atoms with Crippen LogP contribution in [0.1, 0.15) is 54.5 Å². The second-order valence-corrected chi connectivity index (χ2v) is 9.11. The van der Waals surface area contributed by atoms with Gasteiger partial charge in [-0.3, -0.25) is 5.01 Å². The largest absolute Gasteiger partial charge is 0.487 e. The van der Waals surface area contributed by atoms with E-state index in [1.165, 1.54) is 22.3 Å². The lowest BCUT2D eigenvalue weighted by molar-refractivity contribution is 0.234. The lowest BCUT2D eigenvalue weighted by atomic mass is 10.0. The molecule has 1 heterocycles. The Kier molecular flexibility index (Phi) is 8.75. The summed E-state index contributed by atoms with van der Waals surface area (Å²) in [6.45, 7) is 7.74. The predicted octanol–water partition coefficient (Wildman–Crippen LogP) is 6.31. The topological polar surface area (TPSA) is 36.9 Å². The van der Waals surface area contributed by atoms with Crippen LogP contribution in [0.2, 0.25) is 0 Å². The quantitative estimate of drug-likeness (QED) is 0.325. The zero-order valence-corrected chi connectivity index (χ0v) is 20.5. The van der Waals surface area contributed by atoms with Crippen LogP contribution in [0.15, 0.2) is 84.0 Å². The monoisotopic (exact) mass is 455 g/mol. The highest BCUT2D eigenvalue weighted by atomic mass is 16.5. The lowest BCUT2D eigenvalue weighted by Gasteiger charge is -2.23. The first-order chi connectivity index (χ1) is 16.7. The maximum atomic E-state index is 6.20. The normalized spacial score (nSPS) is 15.4.